The highest BCUT2D eigenvalue weighted by molar-refractivity contribution is 5.88. The maximum Gasteiger partial charge on any atom is 0.323 e. The number of anilines is 1. The molecule has 5 nitrogen and oxygen atoms in total. The first-order valence-electron chi connectivity index (χ1n) is 5.32. The van der Waals surface area contributed by atoms with Crippen molar-refractivity contribution in [2.75, 3.05) is 31.6 Å². The van der Waals surface area contributed by atoms with Crippen LogP contribution in [-0.4, -0.2) is 42.2 Å². The lowest BCUT2D eigenvalue weighted by Gasteiger charge is -2.26. The van der Waals surface area contributed by atoms with Gasteiger partial charge in [-0.05, 0) is 18.6 Å². The zero-order chi connectivity index (χ0) is 11.4. The quantitative estimate of drug-likeness (QED) is 0.776. The Balaban J connectivity index is 1.93. The molecule has 0 radical (unpaired) electrons. The number of nitrogens with zero attached hydrogens (tertiary/aromatic N) is 2. The molecule has 1 aliphatic heterocycles. The van der Waals surface area contributed by atoms with Gasteiger partial charge in [0.15, 0.2) is 0 Å². The maximum absolute atomic E-state index is 11.8. The van der Waals surface area contributed by atoms with Crippen molar-refractivity contribution in [1.82, 2.24) is 9.88 Å². The van der Waals surface area contributed by atoms with Crippen LogP contribution in [0.15, 0.2) is 18.3 Å². The van der Waals surface area contributed by atoms with E-state index in [0.717, 1.165) is 5.56 Å². The molecular weight excluding hydrogens is 206 g/mol. The van der Waals surface area contributed by atoms with Crippen LogP contribution < -0.4 is 5.32 Å². The Kier molecular flexibility index (Phi) is 3.36. The smallest absolute Gasteiger partial charge is 0.323 e. The van der Waals surface area contributed by atoms with Crippen molar-refractivity contribution >= 4 is 11.8 Å². The topological polar surface area (TPSA) is 54.5 Å². The number of amides is 2. The van der Waals surface area contributed by atoms with E-state index in [0.29, 0.717) is 32.1 Å². The summed E-state index contributed by atoms with van der Waals surface area (Å²) >= 11 is 0. The van der Waals surface area contributed by atoms with Gasteiger partial charge in [-0.3, -0.25) is 5.32 Å². The third kappa shape index (κ3) is 2.70. The molecule has 1 aliphatic rings. The summed E-state index contributed by atoms with van der Waals surface area (Å²) in [5.74, 6) is 0.585. The van der Waals surface area contributed by atoms with Crippen LogP contribution in [0.4, 0.5) is 10.6 Å². The number of hydrogen-bond acceptors (Lipinski definition) is 3. The number of rotatable bonds is 1. The van der Waals surface area contributed by atoms with E-state index in [1.807, 2.05) is 13.0 Å². The molecule has 2 amide bonds. The molecular formula is C11H15N3O2. The number of pyridine rings is 1. The molecule has 0 aromatic carbocycles. The molecule has 0 spiro atoms. The van der Waals surface area contributed by atoms with Crippen molar-refractivity contribution in [2.45, 2.75) is 6.92 Å². The summed E-state index contributed by atoms with van der Waals surface area (Å²) in [7, 11) is 0. The van der Waals surface area contributed by atoms with Crippen molar-refractivity contribution in [3.8, 4) is 0 Å². The minimum Gasteiger partial charge on any atom is -0.378 e. The summed E-state index contributed by atoms with van der Waals surface area (Å²) in [4.78, 5) is 17.6. The second kappa shape index (κ2) is 4.94. The Hall–Kier alpha value is -1.62. The zero-order valence-corrected chi connectivity index (χ0v) is 9.27. The molecule has 0 atom stereocenters. The third-order valence-electron chi connectivity index (χ3n) is 2.44. The van der Waals surface area contributed by atoms with E-state index in [4.69, 9.17) is 4.74 Å². The first-order valence-corrected chi connectivity index (χ1v) is 5.32. The Morgan fingerprint density at radius 1 is 1.44 bits per heavy atom. The van der Waals surface area contributed by atoms with Crippen LogP contribution >= 0.6 is 0 Å². The van der Waals surface area contributed by atoms with Crippen LogP contribution in [-0.2, 0) is 4.74 Å². The van der Waals surface area contributed by atoms with E-state index >= 15 is 0 Å². The van der Waals surface area contributed by atoms with Crippen LogP contribution in [0.25, 0.3) is 0 Å². The molecule has 0 aliphatic carbocycles. The number of carbonyl (C=O) groups excluding carboxylic acids is 1. The van der Waals surface area contributed by atoms with E-state index < -0.39 is 0 Å². The van der Waals surface area contributed by atoms with Crippen molar-refractivity contribution in [3.05, 3.63) is 23.9 Å². The first-order chi connectivity index (χ1) is 7.75. The highest BCUT2D eigenvalue weighted by Gasteiger charge is 2.16. The standard InChI is InChI=1S/C11H15N3O2/c1-9-2-3-10(12-8-9)13-11(15)14-4-6-16-7-5-14/h2-3,8H,4-7H2,1H3,(H,12,13,15). The first kappa shape index (κ1) is 10.9. The molecule has 1 N–H and O–H groups in total. The zero-order valence-electron chi connectivity index (χ0n) is 9.27. The summed E-state index contributed by atoms with van der Waals surface area (Å²) in [5.41, 5.74) is 1.07. The van der Waals surface area contributed by atoms with Gasteiger partial charge >= 0.3 is 6.03 Å². The predicted molar refractivity (Wildman–Crippen MR) is 60.4 cm³/mol. The number of urea groups is 1. The van der Waals surface area contributed by atoms with Crippen LogP contribution in [0.5, 0.6) is 0 Å². The van der Waals surface area contributed by atoms with E-state index in [1.165, 1.54) is 0 Å². The average Bonchev–Trinajstić information content (AvgIpc) is 2.33. The molecule has 86 valence electrons. The lowest BCUT2D eigenvalue weighted by Crippen LogP contribution is -2.43. The Bertz CT molecular complexity index is 358. The Labute approximate surface area is 94.4 Å². The van der Waals surface area contributed by atoms with Gasteiger partial charge in [0.2, 0.25) is 0 Å². The molecule has 0 saturated carbocycles. The second-order valence-corrected chi connectivity index (χ2v) is 3.75. The molecule has 0 unspecified atom stereocenters. The number of aryl methyl sites for hydroxylation is 1. The summed E-state index contributed by atoms with van der Waals surface area (Å²) in [6, 6.07) is 3.61. The van der Waals surface area contributed by atoms with Gasteiger partial charge in [0.25, 0.3) is 0 Å². The molecule has 1 aromatic heterocycles. The van der Waals surface area contributed by atoms with Crippen molar-refractivity contribution in [2.24, 2.45) is 0 Å². The molecule has 2 rings (SSSR count). The molecule has 1 saturated heterocycles. The van der Waals surface area contributed by atoms with Crippen molar-refractivity contribution in [3.63, 3.8) is 0 Å². The van der Waals surface area contributed by atoms with E-state index in [-0.39, 0.29) is 6.03 Å². The van der Waals surface area contributed by atoms with E-state index in [1.54, 1.807) is 17.2 Å². The fraction of sp³-hybridized carbons (Fsp3) is 0.455. The maximum atomic E-state index is 11.8. The number of nitrogens with one attached hydrogen (secondary N) is 1. The molecule has 0 bridgehead atoms. The fourth-order valence-electron chi connectivity index (χ4n) is 1.50. The average molecular weight is 221 g/mol. The predicted octanol–water partition coefficient (Wildman–Crippen LogP) is 1.25. The summed E-state index contributed by atoms with van der Waals surface area (Å²) in [6.45, 7) is 4.44. The van der Waals surface area contributed by atoms with E-state index in [2.05, 4.69) is 10.3 Å². The van der Waals surface area contributed by atoms with Crippen LogP contribution in [0.1, 0.15) is 5.56 Å². The van der Waals surface area contributed by atoms with Crippen LogP contribution in [0.3, 0.4) is 0 Å². The van der Waals surface area contributed by atoms with Gasteiger partial charge < -0.3 is 9.64 Å². The van der Waals surface area contributed by atoms with Crippen molar-refractivity contribution < 1.29 is 9.53 Å². The number of hydrogen-bond donors (Lipinski definition) is 1. The molecule has 1 aromatic rings. The number of morpholine rings is 1. The van der Waals surface area contributed by atoms with Gasteiger partial charge in [0, 0.05) is 19.3 Å². The van der Waals surface area contributed by atoms with Gasteiger partial charge in [-0.15, -0.1) is 0 Å². The van der Waals surface area contributed by atoms with Gasteiger partial charge in [0.05, 0.1) is 13.2 Å². The molecule has 1 fully saturated rings. The van der Waals surface area contributed by atoms with Gasteiger partial charge in [-0.1, -0.05) is 6.07 Å². The van der Waals surface area contributed by atoms with Gasteiger partial charge in [-0.25, -0.2) is 9.78 Å². The van der Waals surface area contributed by atoms with Crippen molar-refractivity contribution in [1.29, 1.82) is 0 Å². The lowest BCUT2D eigenvalue weighted by molar-refractivity contribution is 0.0564. The Morgan fingerprint density at radius 2 is 2.19 bits per heavy atom. The number of carbonyl (C=O) groups is 1. The highest BCUT2D eigenvalue weighted by atomic mass is 16.5. The largest absolute Gasteiger partial charge is 0.378 e. The normalized spacial score (nSPS) is 15.9. The Morgan fingerprint density at radius 3 is 2.81 bits per heavy atom. The second-order valence-electron chi connectivity index (χ2n) is 3.75. The molecule has 16 heavy (non-hydrogen) atoms. The molecule has 5 heteroatoms. The molecule has 2 heterocycles. The summed E-state index contributed by atoms with van der Waals surface area (Å²) in [6.07, 6.45) is 1.73. The summed E-state index contributed by atoms with van der Waals surface area (Å²) in [5, 5.41) is 2.76. The highest BCUT2D eigenvalue weighted by Crippen LogP contribution is 2.06. The van der Waals surface area contributed by atoms with E-state index in [9.17, 15) is 4.79 Å². The van der Waals surface area contributed by atoms with Crippen LogP contribution in [0, 0.1) is 6.92 Å². The minimum absolute atomic E-state index is 0.111. The monoisotopic (exact) mass is 221 g/mol. The minimum atomic E-state index is -0.111. The third-order valence-corrected chi connectivity index (χ3v) is 2.44. The number of aromatic nitrogens is 1. The number of ether oxygens (including phenoxy) is 1. The fourth-order valence-corrected chi connectivity index (χ4v) is 1.50. The van der Waals surface area contributed by atoms with Gasteiger partial charge in [-0.2, -0.15) is 0 Å². The SMILES string of the molecule is Cc1ccc(NC(=O)N2CCOCC2)nc1. The van der Waals surface area contributed by atoms with Crippen LogP contribution in [0.2, 0.25) is 0 Å². The summed E-state index contributed by atoms with van der Waals surface area (Å²) < 4.78 is 5.18. The lowest BCUT2D eigenvalue weighted by atomic mass is 10.3. The van der Waals surface area contributed by atoms with Gasteiger partial charge in [0.1, 0.15) is 5.82 Å².